The zero-order valence-electron chi connectivity index (χ0n) is 10.2. The molecular formula is C13H12N6. The van der Waals surface area contributed by atoms with Crippen LogP contribution in [-0.2, 0) is 13.0 Å². The molecule has 1 aliphatic heterocycles. The largest absolute Gasteiger partial charge is 0.382 e. The first-order valence-electron chi connectivity index (χ1n) is 6.11. The van der Waals surface area contributed by atoms with E-state index in [9.17, 15) is 0 Å². The lowest BCUT2D eigenvalue weighted by Crippen LogP contribution is -2.11. The fraction of sp³-hybridized carbons (Fsp3) is 0.154. The summed E-state index contributed by atoms with van der Waals surface area (Å²) in [5.41, 5.74) is 15.3. The van der Waals surface area contributed by atoms with Crippen molar-refractivity contribution < 1.29 is 0 Å². The average molecular weight is 252 g/mol. The summed E-state index contributed by atoms with van der Waals surface area (Å²) >= 11 is 0. The number of fused-ring (bicyclic) bond motifs is 5. The highest BCUT2D eigenvalue weighted by atomic mass is 15.2. The van der Waals surface area contributed by atoms with Crippen LogP contribution in [0.2, 0.25) is 0 Å². The molecule has 0 fully saturated rings. The Morgan fingerprint density at radius 2 is 1.89 bits per heavy atom. The molecule has 1 aromatic carbocycles. The van der Waals surface area contributed by atoms with Gasteiger partial charge in [0.05, 0.1) is 0 Å². The quantitative estimate of drug-likeness (QED) is 0.627. The van der Waals surface area contributed by atoms with Gasteiger partial charge in [0, 0.05) is 12.1 Å². The van der Waals surface area contributed by atoms with Gasteiger partial charge in [0.25, 0.3) is 0 Å². The number of hydrogen-bond acceptors (Lipinski definition) is 5. The van der Waals surface area contributed by atoms with E-state index in [0.29, 0.717) is 11.3 Å². The third-order valence-corrected chi connectivity index (χ3v) is 3.50. The van der Waals surface area contributed by atoms with Crippen molar-refractivity contribution in [2.45, 2.75) is 13.0 Å². The number of nitrogen functional groups attached to an aromatic ring is 2. The highest BCUT2D eigenvalue weighted by molar-refractivity contribution is 5.87. The van der Waals surface area contributed by atoms with Crippen LogP contribution in [0.25, 0.3) is 22.6 Å². The molecule has 0 unspecified atom stereocenters. The predicted molar refractivity (Wildman–Crippen MR) is 73.3 cm³/mol. The Balaban J connectivity index is 2.11. The van der Waals surface area contributed by atoms with Gasteiger partial charge in [0.2, 0.25) is 5.95 Å². The first-order valence-corrected chi connectivity index (χ1v) is 6.11. The number of aryl methyl sites for hydroxylation is 2. The Morgan fingerprint density at radius 1 is 1.05 bits per heavy atom. The number of imidazole rings is 1. The normalized spacial score (nSPS) is 13.3. The minimum Gasteiger partial charge on any atom is -0.382 e. The van der Waals surface area contributed by atoms with Crippen LogP contribution in [0.1, 0.15) is 5.56 Å². The molecule has 0 atom stereocenters. The molecule has 1 aliphatic rings. The van der Waals surface area contributed by atoms with E-state index in [2.05, 4.69) is 31.7 Å². The van der Waals surface area contributed by atoms with Gasteiger partial charge in [-0.2, -0.15) is 9.97 Å². The third-order valence-electron chi connectivity index (χ3n) is 3.50. The second kappa shape index (κ2) is 3.44. The van der Waals surface area contributed by atoms with E-state index in [-0.39, 0.29) is 5.95 Å². The van der Waals surface area contributed by atoms with Gasteiger partial charge in [-0.3, -0.25) is 0 Å². The number of nitrogens with two attached hydrogens (primary N) is 2. The number of anilines is 2. The van der Waals surface area contributed by atoms with Crippen molar-refractivity contribution in [3.05, 3.63) is 29.8 Å². The molecule has 3 heterocycles. The van der Waals surface area contributed by atoms with Crippen molar-refractivity contribution >= 4 is 22.9 Å². The number of hydrogen-bond donors (Lipinski definition) is 2. The third kappa shape index (κ3) is 1.33. The first-order chi connectivity index (χ1) is 9.24. The maximum Gasteiger partial charge on any atom is 0.224 e. The van der Waals surface area contributed by atoms with E-state index in [4.69, 9.17) is 11.5 Å². The summed E-state index contributed by atoms with van der Waals surface area (Å²) in [5.74, 6) is 1.41. The van der Waals surface area contributed by atoms with Gasteiger partial charge in [-0.1, -0.05) is 24.3 Å². The number of nitrogens with zero attached hydrogens (tertiary/aromatic N) is 4. The Kier molecular flexibility index (Phi) is 1.87. The summed E-state index contributed by atoms with van der Waals surface area (Å²) in [6.45, 7) is 0.832. The van der Waals surface area contributed by atoms with Gasteiger partial charge in [-0.25, -0.2) is 4.98 Å². The van der Waals surface area contributed by atoms with Crippen molar-refractivity contribution in [3.63, 3.8) is 0 Å². The number of aromatic nitrogens is 4. The Hall–Kier alpha value is -2.63. The molecule has 0 saturated heterocycles. The first kappa shape index (κ1) is 10.3. The van der Waals surface area contributed by atoms with Crippen LogP contribution in [0.5, 0.6) is 0 Å². The molecule has 0 saturated carbocycles. The van der Waals surface area contributed by atoms with Crippen LogP contribution < -0.4 is 11.5 Å². The van der Waals surface area contributed by atoms with Gasteiger partial charge in [0.1, 0.15) is 5.82 Å². The molecular weight excluding hydrogens is 240 g/mol. The van der Waals surface area contributed by atoms with Crippen molar-refractivity contribution in [1.82, 2.24) is 19.5 Å². The fourth-order valence-corrected chi connectivity index (χ4v) is 2.65. The lowest BCUT2D eigenvalue weighted by atomic mass is 10.0. The van der Waals surface area contributed by atoms with Crippen LogP contribution in [-0.4, -0.2) is 19.5 Å². The van der Waals surface area contributed by atoms with E-state index < -0.39 is 0 Å². The van der Waals surface area contributed by atoms with Crippen molar-refractivity contribution in [3.8, 4) is 11.4 Å². The van der Waals surface area contributed by atoms with E-state index in [0.717, 1.165) is 30.0 Å². The Labute approximate surface area is 109 Å². The average Bonchev–Trinajstić information content (AvgIpc) is 2.78. The van der Waals surface area contributed by atoms with Gasteiger partial charge >= 0.3 is 0 Å². The molecule has 94 valence electrons. The van der Waals surface area contributed by atoms with Crippen LogP contribution in [0.3, 0.4) is 0 Å². The summed E-state index contributed by atoms with van der Waals surface area (Å²) < 4.78 is 2.06. The summed E-state index contributed by atoms with van der Waals surface area (Å²) in [5, 5.41) is 0. The van der Waals surface area contributed by atoms with Gasteiger partial charge in [-0.15, -0.1) is 0 Å². The predicted octanol–water partition coefficient (Wildman–Crippen LogP) is 1.21. The molecule has 0 bridgehead atoms. The lowest BCUT2D eigenvalue weighted by molar-refractivity contribution is 0.697. The van der Waals surface area contributed by atoms with E-state index in [1.807, 2.05) is 12.1 Å². The molecule has 6 nitrogen and oxygen atoms in total. The minimum absolute atomic E-state index is 0.187. The molecule has 0 radical (unpaired) electrons. The second-order valence-electron chi connectivity index (χ2n) is 4.63. The molecule has 4 N–H and O–H groups in total. The minimum atomic E-state index is 0.187. The van der Waals surface area contributed by atoms with Crippen LogP contribution >= 0.6 is 0 Å². The summed E-state index contributed by atoms with van der Waals surface area (Å²) in [6.07, 6.45) is 0.957. The molecule has 0 spiro atoms. The van der Waals surface area contributed by atoms with Crippen LogP contribution in [0.4, 0.5) is 11.8 Å². The summed E-state index contributed by atoms with van der Waals surface area (Å²) in [4.78, 5) is 12.8. The molecule has 19 heavy (non-hydrogen) atoms. The highest BCUT2D eigenvalue weighted by Gasteiger charge is 2.22. The maximum atomic E-state index is 5.88. The number of rotatable bonds is 0. The molecule has 4 rings (SSSR count). The lowest BCUT2D eigenvalue weighted by Gasteiger charge is -2.17. The molecule has 6 heteroatoms. The van der Waals surface area contributed by atoms with Gasteiger partial charge < -0.3 is 16.0 Å². The Morgan fingerprint density at radius 3 is 2.79 bits per heavy atom. The van der Waals surface area contributed by atoms with Crippen molar-refractivity contribution in [1.29, 1.82) is 0 Å². The maximum absolute atomic E-state index is 5.88. The second-order valence-corrected chi connectivity index (χ2v) is 4.63. The SMILES string of the molecule is Nc1nc(N)c2nc3n(c2n1)CCc1ccccc1-3. The van der Waals surface area contributed by atoms with Crippen molar-refractivity contribution in [2.75, 3.05) is 11.5 Å². The van der Waals surface area contributed by atoms with Crippen molar-refractivity contribution in [2.24, 2.45) is 0 Å². The standard InChI is InChI=1S/C13H12N6/c14-10-9-12(18-13(15)17-10)19-6-5-7-3-1-2-4-8(7)11(19)16-9/h1-4H,5-6H2,(H4,14,15,17,18). The molecule has 2 aromatic heterocycles. The van der Waals surface area contributed by atoms with Gasteiger partial charge in [0.15, 0.2) is 17.0 Å². The summed E-state index contributed by atoms with van der Waals surface area (Å²) in [7, 11) is 0. The molecule has 3 aromatic rings. The molecule has 0 aliphatic carbocycles. The van der Waals surface area contributed by atoms with E-state index in [1.54, 1.807) is 0 Å². The molecule has 0 amide bonds. The van der Waals surface area contributed by atoms with E-state index >= 15 is 0 Å². The smallest absolute Gasteiger partial charge is 0.224 e. The topological polar surface area (TPSA) is 95.6 Å². The zero-order chi connectivity index (χ0) is 13.0. The van der Waals surface area contributed by atoms with Gasteiger partial charge in [-0.05, 0) is 12.0 Å². The summed E-state index contributed by atoms with van der Waals surface area (Å²) in [6, 6.07) is 8.25. The zero-order valence-corrected chi connectivity index (χ0v) is 10.2. The van der Waals surface area contributed by atoms with E-state index in [1.165, 1.54) is 5.56 Å². The van der Waals surface area contributed by atoms with Crippen LogP contribution in [0, 0.1) is 0 Å². The fourth-order valence-electron chi connectivity index (χ4n) is 2.65. The van der Waals surface area contributed by atoms with Crippen LogP contribution in [0.15, 0.2) is 24.3 Å². The monoisotopic (exact) mass is 252 g/mol. The Bertz CT molecular complexity index is 804. The number of benzene rings is 1. The highest BCUT2D eigenvalue weighted by Crippen LogP contribution is 2.32.